The van der Waals surface area contributed by atoms with Gasteiger partial charge in [0.15, 0.2) is 0 Å². The summed E-state index contributed by atoms with van der Waals surface area (Å²) in [6.45, 7) is 2.30. The maximum absolute atomic E-state index is 12.3. The van der Waals surface area contributed by atoms with Gasteiger partial charge in [0.2, 0.25) is 15.9 Å². The Bertz CT molecular complexity index is 895. The third-order valence-corrected chi connectivity index (χ3v) is 5.57. The van der Waals surface area contributed by atoms with E-state index >= 15 is 0 Å². The first-order chi connectivity index (χ1) is 13.4. The number of amides is 1. The molecule has 0 aliphatic rings. The molecule has 0 saturated carbocycles. The molecule has 0 unspecified atom stereocenters. The molecule has 8 heteroatoms. The summed E-state index contributed by atoms with van der Waals surface area (Å²) in [5, 5.41) is 2.82. The largest absolute Gasteiger partial charge is 0.497 e. The van der Waals surface area contributed by atoms with Crippen molar-refractivity contribution in [2.24, 2.45) is 0 Å². The predicted molar refractivity (Wildman–Crippen MR) is 108 cm³/mol. The maximum atomic E-state index is 12.3. The molecular formula is C20H26N2O5S. The highest BCUT2D eigenvalue weighted by molar-refractivity contribution is 7.89. The number of aryl methyl sites for hydroxylation is 1. The SMILES string of the molecule is CCCNS(=O)(=O)c1ccc(CCC(=O)Nc2cc(OC)ccc2OC)cc1. The summed E-state index contributed by atoms with van der Waals surface area (Å²) in [5.41, 5.74) is 1.41. The monoisotopic (exact) mass is 406 g/mol. The van der Waals surface area contributed by atoms with Crippen LogP contribution < -0.4 is 19.5 Å². The van der Waals surface area contributed by atoms with Crippen LogP contribution in [0.4, 0.5) is 5.69 Å². The Hall–Kier alpha value is -2.58. The standard InChI is InChI=1S/C20H26N2O5S/c1-4-13-21-28(24,25)17-9-5-15(6-10-17)7-12-20(23)22-18-14-16(26-2)8-11-19(18)27-3/h5-6,8-11,14,21H,4,7,12-13H2,1-3H3,(H,22,23). The zero-order valence-corrected chi connectivity index (χ0v) is 17.1. The summed E-state index contributed by atoms with van der Waals surface area (Å²) in [6.07, 6.45) is 1.46. The molecule has 0 aliphatic heterocycles. The molecule has 0 fully saturated rings. The Labute approximate surface area is 166 Å². The molecule has 2 N–H and O–H groups in total. The van der Waals surface area contributed by atoms with E-state index in [1.165, 1.54) is 7.11 Å². The lowest BCUT2D eigenvalue weighted by molar-refractivity contribution is -0.116. The number of nitrogens with one attached hydrogen (secondary N) is 2. The number of hydrogen-bond donors (Lipinski definition) is 2. The lowest BCUT2D eigenvalue weighted by Crippen LogP contribution is -2.24. The van der Waals surface area contributed by atoms with Crippen molar-refractivity contribution in [3.8, 4) is 11.5 Å². The average molecular weight is 407 g/mol. The highest BCUT2D eigenvalue weighted by Gasteiger charge is 2.13. The molecule has 0 atom stereocenters. The van der Waals surface area contributed by atoms with Crippen LogP contribution in [0.25, 0.3) is 0 Å². The van der Waals surface area contributed by atoms with E-state index in [2.05, 4.69) is 10.0 Å². The van der Waals surface area contributed by atoms with Gasteiger partial charge in [-0.05, 0) is 42.7 Å². The fourth-order valence-electron chi connectivity index (χ4n) is 2.54. The Morgan fingerprint density at radius 3 is 2.36 bits per heavy atom. The average Bonchev–Trinajstić information content (AvgIpc) is 2.71. The minimum Gasteiger partial charge on any atom is -0.497 e. The molecule has 0 spiro atoms. The molecule has 28 heavy (non-hydrogen) atoms. The van der Waals surface area contributed by atoms with Crippen LogP contribution >= 0.6 is 0 Å². The van der Waals surface area contributed by atoms with Crippen LogP contribution in [0.2, 0.25) is 0 Å². The van der Waals surface area contributed by atoms with Gasteiger partial charge in [0.25, 0.3) is 0 Å². The molecule has 2 rings (SSSR count). The number of carbonyl (C=O) groups excluding carboxylic acids is 1. The molecule has 0 saturated heterocycles. The van der Waals surface area contributed by atoms with Gasteiger partial charge in [-0.1, -0.05) is 19.1 Å². The summed E-state index contributed by atoms with van der Waals surface area (Å²) >= 11 is 0. The Balaban J connectivity index is 1.96. The van der Waals surface area contributed by atoms with Gasteiger partial charge in [-0.3, -0.25) is 4.79 Å². The molecule has 2 aromatic rings. The topological polar surface area (TPSA) is 93.7 Å². The van der Waals surface area contributed by atoms with Gasteiger partial charge in [0, 0.05) is 19.0 Å². The van der Waals surface area contributed by atoms with Crippen molar-refractivity contribution in [3.63, 3.8) is 0 Å². The number of benzene rings is 2. The van der Waals surface area contributed by atoms with Crippen molar-refractivity contribution in [3.05, 3.63) is 48.0 Å². The Morgan fingerprint density at radius 2 is 1.75 bits per heavy atom. The van der Waals surface area contributed by atoms with Gasteiger partial charge in [-0.15, -0.1) is 0 Å². The van der Waals surface area contributed by atoms with Crippen LogP contribution in [0.5, 0.6) is 11.5 Å². The molecule has 152 valence electrons. The number of rotatable bonds is 10. The zero-order valence-electron chi connectivity index (χ0n) is 16.3. The van der Waals surface area contributed by atoms with E-state index in [9.17, 15) is 13.2 Å². The highest BCUT2D eigenvalue weighted by atomic mass is 32.2. The van der Waals surface area contributed by atoms with Gasteiger partial charge in [0.1, 0.15) is 11.5 Å². The first-order valence-electron chi connectivity index (χ1n) is 9.00. The third-order valence-electron chi connectivity index (χ3n) is 4.10. The van der Waals surface area contributed by atoms with Crippen molar-refractivity contribution in [2.75, 3.05) is 26.1 Å². The summed E-state index contributed by atoms with van der Waals surface area (Å²) in [6, 6.07) is 11.7. The fourth-order valence-corrected chi connectivity index (χ4v) is 3.67. The summed E-state index contributed by atoms with van der Waals surface area (Å²) in [4.78, 5) is 12.5. The molecule has 0 heterocycles. The van der Waals surface area contributed by atoms with Crippen molar-refractivity contribution in [1.82, 2.24) is 4.72 Å². The van der Waals surface area contributed by atoms with Gasteiger partial charge < -0.3 is 14.8 Å². The Morgan fingerprint density at radius 1 is 1.04 bits per heavy atom. The third kappa shape index (κ3) is 5.97. The summed E-state index contributed by atoms with van der Waals surface area (Å²) < 4.78 is 37.1. The quantitative estimate of drug-likeness (QED) is 0.633. The first kappa shape index (κ1) is 21.7. The smallest absolute Gasteiger partial charge is 0.240 e. The van der Waals surface area contributed by atoms with E-state index in [0.29, 0.717) is 30.2 Å². The molecular weight excluding hydrogens is 380 g/mol. The van der Waals surface area contributed by atoms with Crippen LogP contribution in [-0.2, 0) is 21.2 Å². The normalized spacial score (nSPS) is 11.1. The Kier molecular flexibility index (Phi) is 7.83. The molecule has 1 amide bonds. The minimum absolute atomic E-state index is 0.173. The highest BCUT2D eigenvalue weighted by Crippen LogP contribution is 2.29. The summed E-state index contributed by atoms with van der Waals surface area (Å²) in [5.74, 6) is 0.987. The number of anilines is 1. The van der Waals surface area contributed by atoms with Gasteiger partial charge in [-0.2, -0.15) is 0 Å². The van der Waals surface area contributed by atoms with Crippen LogP contribution in [0.15, 0.2) is 47.4 Å². The van der Waals surface area contributed by atoms with E-state index in [1.807, 2.05) is 6.92 Å². The van der Waals surface area contributed by atoms with Crippen molar-refractivity contribution in [1.29, 1.82) is 0 Å². The van der Waals surface area contributed by atoms with E-state index < -0.39 is 10.0 Å². The van der Waals surface area contributed by atoms with Crippen LogP contribution in [0.3, 0.4) is 0 Å². The van der Waals surface area contributed by atoms with E-state index in [0.717, 1.165) is 12.0 Å². The van der Waals surface area contributed by atoms with Gasteiger partial charge in [-0.25, -0.2) is 13.1 Å². The number of hydrogen-bond acceptors (Lipinski definition) is 5. The molecule has 2 aromatic carbocycles. The molecule has 0 bridgehead atoms. The summed E-state index contributed by atoms with van der Waals surface area (Å²) in [7, 11) is -0.400. The molecule has 0 aliphatic carbocycles. The van der Waals surface area contributed by atoms with Gasteiger partial charge >= 0.3 is 0 Å². The van der Waals surface area contributed by atoms with Crippen LogP contribution in [0, 0.1) is 0 Å². The second-order valence-corrected chi connectivity index (χ2v) is 7.92. The maximum Gasteiger partial charge on any atom is 0.240 e. The van der Waals surface area contributed by atoms with E-state index in [1.54, 1.807) is 49.6 Å². The van der Waals surface area contributed by atoms with Crippen molar-refractivity contribution < 1.29 is 22.7 Å². The number of methoxy groups -OCH3 is 2. The van der Waals surface area contributed by atoms with Crippen molar-refractivity contribution in [2.45, 2.75) is 31.1 Å². The molecule has 7 nitrogen and oxygen atoms in total. The second-order valence-electron chi connectivity index (χ2n) is 6.16. The first-order valence-corrected chi connectivity index (χ1v) is 10.5. The lowest BCUT2D eigenvalue weighted by Gasteiger charge is -2.12. The zero-order chi connectivity index (χ0) is 20.6. The fraction of sp³-hybridized carbons (Fsp3) is 0.350. The predicted octanol–water partition coefficient (Wildman–Crippen LogP) is 2.96. The van der Waals surface area contributed by atoms with Crippen LogP contribution in [-0.4, -0.2) is 35.1 Å². The van der Waals surface area contributed by atoms with Crippen LogP contribution in [0.1, 0.15) is 25.3 Å². The lowest BCUT2D eigenvalue weighted by atomic mass is 10.1. The number of ether oxygens (including phenoxy) is 2. The van der Waals surface area contributed by atoms with Gasteiger partial charge in [0.05, 0.1) is 24.8 Å². The number of carbonyl (C=O) groups is 1. The van der Waals surface area contributed by atoms with E-state index in [-0.39, 0.29) is 17.2 Å². The molecule has 0 aromatic heterocycles. The van der Waals surface area contributed by atoms with Crippen molar-refractivity contribution >= 4 is 21.6 Å². The van der Waals surface area contributed by atoms with E-state index in [4.69, 9.17) is 9.47 Å². The number of sulfonamides is 1. The molecule has 0 radical (unpaired) electrons. The minimum atomic E-state index is -3.48. The second kappa shape index (κ2) is 10.1.